The lowest BCUT2D eigenvalue weighted by Gasteiger charge is -2.44. The SMILES string of the molecule is COC1(c2ccc(C(=O)O)cc2)CCC2CC21c1ccc2c(c1)C(C)(C)CCC2(C)C. The molecule has 0 saturated heterocycles. The second kappa shape index (κ2) is 6.45. The summed E-state index contributed by atoms with van der Waals surface area (Å²) >= 11 is 0. The van der Waals surface area contributed by atoms with E-state index in [4.69, 9.17) is 4.74 Å². The van der Waals surface area contributed by atoms with Gasteiger partial charge in [0.25, 0.3) is 0 Å². The average molecular weight is 419 g/mol. The van der Waals surface area contributed by atoms with E-state index < -0.39 is 11.6 Å². The number of hydrogen-bond acceptors (Lipinski definition) is 2. The standard InChI is InChI=1S/C28H34O3/c1-25(2)14-15-26(3,4)23-16-20(10-11-22(23)25)27-17-21(27)12-13-28(27,31-5)19-8-6-18(7-9-19)24(29)30/h6-11,16,21H,12-15,17H2,1-5H3,(H,29,30). The summed E-state index contributed by atoms with van der Waals surface area (Å²) in [7, 11) is 1.83. The molecule has 2 aromatic carbocycles. The van der Waals surface area contributed by atoms with Crippen LogP contribution in [0.25, 0.3) is 0 Å². The van der Waals surface area contributed by atoms with E-state index in [1.54, 1.807) is 12.1 Å². The number of methoxy groups -OCH3 is 1. The van der Waals surface area contributed by atoms with Crippen LogP contribution in [0, 0.1) is 5.92 Å². The van der Waals surface area contributed by atoms with Crippen LogP contribution >= 0.6 is 0 Å². The second-order valence-electron chi connectivity index (χ2n) is 11.4. The first-order valence-electron chi connectivity index (χ1n) is 11.6. The normalized spacial score (nSPS) is 32.2. The summed E-state index contributed by atoms with van der Waals surface area (Å²) in [5, 5.41) is 9.32. The Morgan fingerprint density at radius 1 is 0.903 bits per heavy atom. The van der Waals surface area contributed by atoms with Gasteiger partial charge in [0.1, 0.15) is 5.60 Å². The lowest BCUT2D eigenvalue weighted by atomic mass is 9.62. The second-order valence-corrected chi connectivity index (χ2v) is 11.4. The van der Waals surface area contributed by atoms with Crippen molar-refractivity contribution in [1.82, 2.24) is 0 Å². The summed E-state index contributed by atoms with van der Waals surface area (Å²) < 4.78 is 6.39. The smallest absolute Gasteiger partial charge is 0.335 e. The van der Waals surface area contributed by atoms with Crippen LogP contribution in [0.15, 0.2) is 42.5 Å². The molecular formula is C28H34O3. The zero-order valence-corrected chi connectivity index (χ0v) is 19.4. The van der Waals surface area contributed by atoms with E-state index in [9.17, 15) is 9.90 Å². The molecule has 3 nitrogen and oxygen atoms in total. The maximum Gasteiger partial charge on any atom is 0.335 e. The molecule has 0 aliphatic heterocycles. The molecule has 3 aliphatic carbocycles. The van der Waals surface area contributed by atoms with Gasteiger partial charge in [-0.25, -0.2) is 4.79 Å². The van der Waals surface area contributed by atoms with Crippen LogP contribution in [-0.2, 0) is 26.6 Å². The van der Waals surface area contributed by atoms with E-state index in [0.717, 1.165) is 24.8 Å². The number of carboxylic acid groups (broad SMARTS) is 1. The van der Waals surface area contributed by atoms with E-state index in [-0.39, 0.29) is 16.2 Å². The topological polar surface area (TPSA) is 46.5 Å². The number of carbonyl (C=O) groups is 1. The predicted molar refractivity (Wildman–Crippen MR) is 123 cm³/mol. The number of benzene rings is 2. The fourth-order valence-corrected chi connectivity index (χ4v) is 6.91. The highest BCUT2D eigenvalue weighted by Gasteiger charge is 2.72. The van der Waals surface area contributed by atoms with Crippen molar-refractivity contribution in [2.24, 2.45) is 5.92 Å². The van der Waals surface area contributed by atoms with Gasteiger partial charge < -0.3 is 9.84 Å². The number of fused-ring (bicyclic) bond motifs is 2. The van der Waals surface area contributed by atoms with Crippen LogP contribution in [0.1, 0.15) is 92.4 Å². The summed E-state index contributed by atoms with van der Waals surface area (Å²) in [6.07, 6.45) is 5.70. The summed E-state index contributed by atoms with van der Waals surface area (Å²) in [4.78, 5) is 11.4. The summed E-state index contributed by atoms with van der Waals surface area (Å²) in [5.41, 5.74) is 5.82. The van der Waals surface area contributed by atoms with Crippen molar-refractivity contribution < 1.29 is 14.6 Å². The molecule has 3 aliphatic rings. The van der Waals surface area contributed by atoms with Gasteiger partial charge in [-0.1, -0.05) is 58.0 Å². The van der Waals surface area contributed by atoms with E-state index in [1.807, 2.05) is 19.2 Å². The van der Waals surface area contributed by atoms with Crippen LogP contribution in [0.4, 0.5) is 0 Å². The number of carboxylic acids is 1. The van der Waals surface area contributed by atoms with Crippen molar-refractivity contribution in [3.63, 3.8) is 0 Å². The number of hydrogen-bond donors (Lipinski definition) is 1. The van der Waals surface area contributed by atoms with Crippen LogP contribution in [0.2, 0.25) is 0 Å². The summed E-state index contributed by atoms with van der Waals surface area (Å²) in [6, 6.07) is 14.7. The molecule has 5 rings (SSSR count). The third-order valence-corrected chi connectivity index (χ3v) is 8.99. The molecule has 2 aromatic rings. The van der Waals surface area contributed by atoms with Gasteiger partial charge in [-0.15, -0.1) is 0 Å². The van der Waals surface area contributed by atoms with Gasteiger partial charge in [0.2, 0.25) is 0 Å². The zero-order chi connectivity index (χ0) is 22.2. The molecule has 164 valence electrons. The number of ether oxygens (including phenoxy) is 1. The van der Waals surface area contributed by atoms with Crippen LogP contribution < -0.4 is 0 Å². The monoisotopic (exact) mass is 418 g/mol. The first kappa shape index (κ1) is 20.8. The van der Waals surface area contributed by atoms with E-state index in [0.29, 0.717) is 11.5 Å². The predicted octanol–water partition coefficient (Wildman–Crippen LogP) is 6.33. The Balaban J connectivity index is 1.64. The lowest BCUT2D eigenvalue weighted by molar-refractivity contribution is -0.0421. The molecule has 3 heteroatoms. The van der Waals surface area contributed by atoms with Crippen LogP contribution in [-0.4, -0.2) is 18.2 Å². The van der Waals surface area contributed by atoms with Crippen LogP contribution in [0.3, 0.4) is 0 Å². The van der Waals surface area contributed by atoms with E-state index in [2.05, 4.69) is 45.9 Å². The molecule has 0 heterocycles. The molecule has 3 unspecified atom stereocenters. The quantitative estimate of drug-likeness (QED) is 0.631. The lowest BCUT2D eigenvalue weighted by Crippen LogP contribution is -2.40. The third-order valence-electron chi connectivity index (χ3n) is 8.99. The van der Waals surface area contributed by atoms with E-state index in [1.165, 1.54) is 29.5 Å². The van der Waals surface area contributed by atoms with Crippen molar-refractivity contribution >= 4 is 5.97 Å². The maximum atomic E-state index is 11.4. The third kappa shape index (κ3) is 2.72. The number of rotatable bonds is 4. The minimum absolute atomic E-state index is 0.0147. The molecule has 3 atom stereocenters. The maximum absolute atomic E-state index is 11.4. The molecule has 0 spiro atoms. The van der Waals surface area contributed by atoms with Gasteiger partial charge in [-0.05, 0) is 83.2 Å². The Hall–Kier alpha value is -2.13. The summed E-state index contributed by atoms with van der Waals surface area (Å²) in [5.74, 6) is -0.257. The molecule has 0 aromatic heterocycles. The molecule has 2 saturated carbocycles. The van der Waals surface area contributed by atoms with E-state index >= 15 is 0 Å². The number of aromatic carboxylic acids is 1. The minimum atomic E-state index is -0.886. The van der Waals surface area contributed by atoms with Gasteiger partial charge in [0.15, 0.2) is 0 Å². The van der Waals surface area contributed by atoms with Crippen molar-refractivity contribution in [2.75, 3.05) is 7.11 Å². The molecule has 2 fully saturated rings. The highest BCUT2D eigenvalue weighted by atomic mass is 16.5. The molecule has 0 radical (unpaired) electrons. The first-order chi connectivity index (χ1) is 14.6. The van der Waals surface area contributed by atoms with Crippen LogP contribution in [0.5, 0.6) is 0 Å². The summed E-state index contributed by atoms with van der Waals surface area (Å²) in [6.45, 7) is 9.52. The Morgan fingerprint density at radius 3 is 2.10 bits per heavy atom. The largest absolute Gasteiger partial charge is 0.478 e. The fourth-order valence-electron chi connectivity index (χ4n) is 6.91. The first-order valence-corrected chi connectivity index (χ1v) is 11.6. The van der Waals surface area contributed by atoms with Gasteiger partial charge >= 0.3 is 5.97 Å². The fraction of sp³-hybridized carbons (Fsp3) is 0.536. The molecule has 31 heavy (non-hydrogen) atoms. The molecular weight excluding hydrogens is 384 g/mol. The molecule has 0 bridgehead atoms. The van der Waals surface area contributed by atoms with Gasteiger partial charge in [0.05, 0.1) is 5.56 Å². The Labute approximate surface area is 185 Å². The Kier molecular flexibility index (Phi) is 4.32. The zero-order valence-electron chi connectivity index (χ0n) is 19.4. The van der Waals surface area contributed by atoms with Crippen molar-refractivity contribution in [3.8, 4) is 0 Å². The van der Waals surface area contributed by atoms with Crippen molar-refractivity contribution in [3.05, 3.63) is 70.3 Å². The minimum Gasteiger partial charge on any atom is -0.478 e. The highest BCUT2D eigenvalue weighted by Crippen LogP contribution is 2.73. The molecule has 1 N–H and O–H groups in total. The van der Waals surface area contributed by atoms with Crippen molar-refractivity contribution in [1.29, 1.82) is 0 Å². The average Bonchev–Trinajstić information content (AvgIpc) is 3.40. The molecule has 0 amide bonds. The van der Waals surface area contributed by atoms with Crippen molar-refractivity contribution in [2.45, 2.75) is 81.6 Å². The van der Waals surface area contributed by atoms with Gasteiger partial charge in [-0.3, -0.25) is 0 Å². The highest BCUT2D eigenvalue weighted by molar-refractivity contribution is 5.87. The van der Waals surface area contributed by atoms with Gasteiger partial charge in [0, 0.05) is 12.5 Å². The Bertz CT molecular complexity index is 1050. The Morgan fingerprint density at radius 2 is 1.52 bits per heavy atom. The van der Waals surface area contributed by atoms with Gasteiger partial charge in [-0.2, -0.15) is 0 Å².